The van der Waals surface area contributed by atoms with Gasteiger partial charge in [0.2, 0.25) is 35.7 Å². The number of aliphatic hydroxyl groups excluding tert-OH is 2. The maximum Gasteiger partial charge on any atom is 0.322 e. The number of unbranched alkanes of at least 4 members (excludes halogenated alkanes) is 4. The number of piperidine rings is 4. The largest absolute Gasteiger partial charge is 0.480 e. The lowest BCUT2D eigenvalue weighted by Gasteiger charge is -2.50. The SMILES string of the molecule is CC(C)(CO)CO.CCCCN(c1nc(NCC(=O)O)nc(N(CCCC)C2CC(C)(C)NC(C)(C)C2)n1)C1CC(C)(C)NC(C)(C)C1.CCCCN(c1nc(NCC(=O)O)nc(N(CCCC)C2CC(C)(C)NC(C)(C)C2)n1)C1CC(C)(C)NC(C)(C)C1. The van der Waals surface area contributed by atoms with Gasteiger partial charge in [0.15, 0.2) is 0 Å². The highest BCUT2D eigenvalue weighted by atomic mass is 16.4. The Balaban J connectivity index is 0.000000343. The van der Waals surface area contributed by atoms with Crippen molar-refractivity contribution >= 4 is 47.6 Å². The molecule has 10 N–H and O–H groups in total. The van der Waals surface area contributed by atoms with Gasteiger partial charge in [0.25, 0.3) is 0 Å². The highest BCUT2D eigenvalue weighted by molar-refractivity contribution is 5.72. The third-order valence-corrected chi connectivity index (χ3v) is 17.4. The van der Waals surface area contributed by atoms with Crippen LogP contribution >= 0.6 is 0 Å². The van der Waals surface area contributed by atoms with Crippen LogP contribution in [0.1, 0.15) is 255 Å². The third-order valence-electron chi connectivity index (χ3n) is 17.4. The molecule has 0 spiro atoms. The van der Waals surface area contributed by atoms with Crippen molar-refractivity contribution < 1.29 is 30.0 Å². The van der Waals surface area contributed by atoms with Gasteiger partial charge in [-0.1, -0.05) is 67.2 Å². The Kier molecular flexibility index (Phi) is 27.6. The van der Waals surface area contributed by atoms with Crippen molar-refractivity contribution in [1.82, 2.24) is 51.2 Å². The number of nitrogens with one attached hydrogen (secondary N) is 6. The molecule has 0 unspecified atom stereocenters. The summed E-state index contributed by atoms with van der Waals surface area (Å²) in [6.45, 7) is 51.7. The van der Waals surface area contributed by atoms with Crippen LogP contribution in [0.3, 0.4) is 0 Å². The Morgan fingerprint density at radius 3 is 0.742 bits per heavy atom. The van der Waals surface area contributed by atoms with Crippen LogP contribution in [-0.4, -0.2) is 183 Å². The minimum Gasteiger partial charge on any atom is -0.480 e. The summed E-state index contributed by atoms with van der Waals surface area (Å²) in [5.41, 5.74) is -0.555. The van der Waals surface area contributed by atoms with Crippen LogP contribution in [0, 0.1) is 5.41 Å². The Labute approximate surface area is 538 Å². The van der Waals surface area contributed by atoms with E-state index < -0.39 is 11.9 Å². The van der Waals surface area contributed by atoms with Gasteiger partial charge in [0, 0.05) is 100 Å². The highest BCUT2D eigenvalue weighted by Crippen LogP contribution is 2.39. The summed E-state index contributed by atoms with van der Waals surface area (Å²) in [5, 5.41) is 56.9. The van der Waals surface area contributed by atoms with E-state index in [4.69, 9.17) is 40.1 Å². The van der Waals surface area contributed by atoms with Crippen molar-refractivity contribution in [3.63, 3.8) is 0 Å². The number of aromatic nitrogens is 6. The molecule has 6 rings (SSSR count). The number of aliphatic hydroxyl groups is 2. The van der Waals surface area contributed by atoms with E-state index in [0.29, 0.717) is 35.7 Å². The minimum absolute atomic E-state index is 0.0312. The monoisotopic (exact) mass is 1250 g/mol. The minimum atomic E-state index is -0.942. The molecule has 512 valence electrons. The van der Waals surface area contributed by atoms with Crippen LogP contribution in [-0.2, 0) is 9.59 Å². The van der Waals surface area contributed by atoms with Crippen molar-refractivity contribution in [2.45, 2.75) is 324 Å². The predicted octanol–water partition coefficient (Wildman–Crippen LogP) is 10.4. The van der Waals surface area contributed by atoms with Gasteiger partial charge >= 0.3 is 11.9 Å². The maximum absolute atomic E-state index is 11.5. The van der Waals surface area contributed by atoms with Gasteiger partial charge in [0.05, 0.1) is 13.2 Å². The fourth-order valence-electron chi connectivity index (χ4n) is 14.8. The molecule has 0 amide bonds. The molecule has 0 atom stereocenters. The number of anilines is 6. The Hall–Kier alpha value is -4.48. The van der Waals surface area contributed by atoms with Crippen LogP contribution in [0.15, 0.2) is 0 Å². The summed E-state index contributed by atoms with van der Waals surface area (Å²) in [6, 6.07) is 0.986. The second kappa shape index (κ2) is 31.9. The molecule has 0 saturated carbocycles. The van der Waals surface area contributed by atoms with Gasteiger partial charge in [-0.15, -0.1) is 0 Å². The van der Waals surface area contributed by atoms with E-state index in [0.717, 1.165) is 129 Å². The average molecular weight is 1250 g/mol. The van der Waals surface area contributed by atoms with Gasteiger partial charge in [-0.2, -0.15) is 29.9 Å². The number of carbonyl (C=O) groups is 2. The zero-order valence-electron chi connectivity index (χ0n) is 59.9. The lowest BCUT2D eigenvalue weighted by Crippen LogP contribution is -2.63. The van der Waals surface area contributed by atoms with Gasteiger partial charge in [0.1, 0.15) is 13.1 Å². The van der Waals surface area contributed by atoms with Crippen molar-refractivity contribution in [3.8, 4) is 0 Å². The number of hydrogen-bond acceptors (Lipinski definition) is 20. The van der Waals surface area contributed by atoms with Crippen LogP contribution in [0.2, 0.25) is 0 Å². The number of aliphatic carboxylic acids is 2. The van der Waals surface area contributed by atoms with Gasteiger partial charge in [-0.3, -0.25) is 9.59 Å². The van der Waals surface area contributed by atoms with Crippen LogP contribution in [0.5, 0.6) is 0 Å². The number of rotatable bonds is 28. The summed E-state index contributed by atoms with van der Waals surface area (Å²) < 4.78 is 0. The molecular weight excluding hydrogens is 1120 g/mol. The highest BCUT2D eigenvalue weighted by Gasteiger charge is 2.45. The zero-order valence-corrected chi connectivity index (χ0v) is 59.9. The lowest BCUT2D eigenvalue weighted by atomic mass is 9.79. The number of nitrogens with zero attached hydrogens (tertiary/aromatic N) is 10. The molecule has 4 saturated heterocycles. The van der Waals surface area contributed by atoms with Crippen molar-refractivity contribution in [2.24, 2.45) is 5.41 Å². The molecule has 0 aliphatic carbocycles. The molecule has 0 bridgehead atoms. The van der Waals surface area contributed by atoms with Gasteiger partial charge in [-0.25, -0.2) is 0 Å². The smallest absolute Gasteiger partial charge is 0.322 e. The van der Waals surface area contributed by atoms with Crippen LogP contribution in [0.4, 0.5) is 35.7 Å². The molecule has 22 heteroatoms. The number of carboxylic acid groups (broad SMARTS) is 2. The second-order valence-corrected chi connectivity index (χ2v) is 32.5. The van der Waals surface area contributed by atoms with Crippen LogP contribution in [0.25, 0.3) is 0 Å². The first kappa shape index (κ1) is 77.0. The molecule has 2 aromatic heterocycles. The van der Waals surface area contributed by atoms with Gasteiger partial charge < -0.3 is 71.9 Å². The summed E-state index contributed by atoms with van der Waals surface area (Å²) >= 11 is 0. The van der Waals surface area contributed by atoms with Gasteiger partial charge in [-0.05, 0) is 188 Å². The summed E-state index contributed by atoms with van der Waals surface area (Å²) in [5.74, 6) is 1.34. The van der Waals surface area contributed by atoms with E-state index in [-0.39, 0.29) is 100 Å². The molecule has 2 aromatic rings. The first-order valence-electron chi connectivity index (χ1n) is 33.9. The van der Waals surface area contributed by atoms with E-state index in [1.54, 1.807) is 13.8 Å². The summed E-state index contributed by atoms with van der Waals surface area (Å²) in [6.07, 6.45) is 16.1. The molecule has 89 heavy (non-hydrogen) atoms. The van der Waals surface area contributed by atoms with Crippen molar-refractivity contribution in [1.29, 1.82) is 0 Å². The third kappa shape index (κ3) is 25.5. The Bertz CT molecular complexity index is 2150. The Morgan fingerprint density at radius 1 is 0.404 bits per heavy atom. The van der Waals surface area contributed by atoms with E-state index in [2.05, 4.69) is 190 Å². The van der Waals surface area contributed by atoms with E-state index in [1.807, 2.05) is 0 Å². The maximum atomic E-state index is 11.5. The summed E-state index contributed by atoms with van der Waals surface area (Å²) in [7, 11) is 0. The topological polar surface area (TPSA) is 278 Å². The average Bonchev–Trinajstić information content (AvgIpc) is 0.860. The molecule has 4 aliphatic heterocycles. The summed E-state index contributed by atoms with van der Waals surface area (Å²) in [4.78, 5) is 62.4. The first-order chi connectivity index (χ1) is 41.0. The fourth-order valence-corrected chi connectivity index (χ4v) is 14.8. The first-order valence-corrected chi connectivity index (χ1v) is 33.9. The fraction of sp³-hybridized carbons (Fsp3) is 0.881. The molecular formula is C67H128N16O6. The standard InChI is InChI=1S/2C31H58N8O2.C5H12O2/c2*1-11-13-15-38(22-17-28(3,4)36-29(5,6)18-22)26-33-25(32-21-24(40)41)34-27(35-26)39(16-14-12-2)23-19-30(7,8)37-31(9,10)20-23;1-5(2,3-6)4-7/h2*22-23,36-37H,11-21H2,1-10H3,(H,40,41)(H,32,33,34,35);6-7H,3-4H2,1-2H3. The normalized spacial score (nSPS) is 21.0. The molecule has 0 radical (unpaired) electrons. The van der Waals surface area contributed by atoms with Crippen molar-refractivity contribution in [2.75, 3.05) is 82.7 Å². The lowest BCUT2D eigenvalue weighted by molar-refractivity contribution is -0.136. The van der Waals surface area contributed by atoms with Crippen molar-refractivity contribution in [3.05, 3.63) is 0 Å². The molecule has 4 aliphatic rings. The number of carboxylic acids is 2. The Morgan fingerprint density at radius 2 is 0.596 bits per heavy atom. The molecule has 4 fully saturated rings. The van der Waals surface area contributed by atoms with E-state index in [1.165, 1.54) is 0 Å². The molecule has 6 heterocycles. The van der Waals surface area contributed by atoms with E-state index >= 15 is 0 Å². The second-order valence-electron chi connectivity index (χ2n) is 32.5. The zero-order chi connectivity index (χ0) is 67.2. The molecule has 0 aromatic carbocycles. The van der Waals surface area contributed by atoms with Crippen LogP contribution < -0.4 is 51.5 Å². The van der Waals surface area contributed by atoms with E-state index in [9.17, 15) is 19.8 Å². The predicted molar refractivity (Wildman–Crippen MR) is 366 cm³/mol. The molecule has 22 nitrogen and oxygen atoms in total. The quantitative estimate of drug-likeness (QED) is 0.0379. The number of hydrogen-bond donors (Lipinski definition) is 10.